The average molecular weight is 330 g/mol. The van der Waals surface area contributed by atoms with Gasteiger partial charge in [-0.05, 0) is 30.3 Å². The minimum atomic E-state index is -0.250. The number of amides is 2. The standard InChI is InChI=1S/C17H18N2O5/c20-16(19-6-9-22-10-7-19)12-24-15-3-1-14(2-4-15)18-17(21)13-5-8-23-11-13/h1-5,8,11H,6-7,9-10,12H2,(H,18,21). The van der Waals surface area contributed by atoms with Gasteiger partial charge in [0.05, 0.1) is 25.0 Å². The molecular formula is C17H18N2O5. The summed E-state index contributed by atoms with van der Waals surface area (Å²) < 4.78 is 15.6. The highest BCUT2D eigenvalue weighted by molar-refractivity contribution is 6.03. The number of carbonyl (C=O) groups is 2. The third-order valence-electron chi connectivity index (χ3n) is 3.62. The van der Waals surface area contributed by atoms with Gasteiger partial charge in [0.2, 0.25) is 0 Å². The Bertz CT molecular complexity index is 676. The first-order chi connectivity index (χ1) is 11.7. The summed E-state index contributed by atoms with van der Waals surface area (Å²) in [6.45, 7) is 2.32. The normalized spacial score (nSPS) is 14.2. The summed E-state index contributed by atoms with van der Waals surface area (Å²) in [6, 6.07) is 8.43. The third-order valence-corrected chi connectivity index (χ3v) is 3.62. The Hall–Kier alpha value is -2.80. The number of carbonyl (C=O) groups excluding carboxylic acids is 2. The van der Waals surface area contributed by atoms with Crippen LogP contribution in [0.2, 0.25) is 0 Å². The quantitative estimate of drug-likeness (QED) is 0.903. The van der Waals surface area contributed by atoms with Crippen molar-refractivity contribution in [2.45, 2.75) is 0 Å². The van der Waals surface area contributed by atoms with Crippen molar-refractivity contribution in [3.8, 4) is 5.75 Å². The predicted octanol–water partition coefficient (Wildman–Crippen LogP) is 1.77. The second-order valence-corrected chi connectivity index (χ2v) is 5.27. The van der Waals surface area contributed by atoms with Crippen LogP contribution in [0.3, 0.4) is 0 Å². The van der Waals surface area contributed by atoms with E-state index >= 15 is 0 Å². The molecule has 1 fully saturated rings. The first-order valence-corrected chi connectivity index (χ1v) is 7.64. The summed E-state index contributed by atoms with van der Waals surface area (Å²) in [7, 11) is 0. The molecule has 1 saturated heterocycles. The largest absolute Gasteiger partial charge is 0.484 e. The van der Waals surface area contributed by atoms with Crippen molar-refractivity contribution in [3.05, 3.63) is 48.4 Å². The number of benzene rings is 1. The zero-order valence-corrected chi connectivity index (χ0v) is 13.1. The number of nitrogens with one attached hydrogen (secondary N) is 1. The molecule has 7 nitrogen and oxygen atoms in total. The molecule has 2 amide bonds. The zero-order chi connectivity index (χ0) is 16.8. The van der Waals surface area contributed by atoms with Crippen LogP contribution >= 0.6 is 0 Å². The van der Waals surface area contributed by atoms with E-state index in [1.54, 1.807) is 35.2 Å². The Morgan fingerprint density at radius 1 is 1.12 bits per heavy atom. The summed E-state index contributed by atoms with van der Waals surface area (Å²) in [5.74, 6) is 0.258. The molecule has 0 bridgehead atoms. The smallest absolute Gasteiger partial charge is 0.260 e. The van der Waals surface area contributed by atoms with E-state index in [-0.39, 0.29) is 18.4 Å². The lowest BCUT2D eigenvalue weighted by Crippen LogP contribution is -2.42. The molecule has 0 atom stereocenters. The lowest BCUT2D eigenvalue weighted by atomic mass is 10.2. The first-order valence-electron chi connectivity index (χ1n) is 7.64. The second-order valence-electron chi connectivity index (χ2n) is 5.27. The van der Waals surface area contributed by atoms with Crippen LogP contribution in [0.15, 0.2) is 47.3 Å². The van der Waals surface area contributed by atoms with Crippen molar-refractivity contribution in [2.75, 3.05) is 38.2 Å². The van der Waals surface area contributed by atoms with Crippen LogP contribution in [0.5, 0.6) is 5.75 Å². The van der Waals surface area contributed by atoms with Crippen LogP contribution < -0.4 is 10.1 Å². The molecule has 0 radical (unpaired) electrons. The van der Waals surface area contributed by atoms with Gasteiger partial charge < -0.3 is 24.1 Å². The monoisotopic (exact) mass is 330 g/mol. The van der Waals surface area contributed by atoms with E-state index in [1.165, 1.54) is 12.5 Å². The Labute approximate surface area is 139 Å². The van der Waals surface area contributed by atoms with Gasteiger partial charge >= 0.3 is 0 Å². The molecule has 2 aromatic rings. The number of hydrogen-bond donors (Lipinski definition) is 1. The molecule has 1 aliphatic heterocycles. The number of anilines is 1. The maximum absolute atomic E-state index is 12.0. The molecule has 0 saturated carbocycles. The Balaban J connectivity index is 1.49. The molecule has 3 rings (SSSR count). The van der Waals surface area contributed by atoms with Crippen molar-refractivity contribution in [1.82, 2.24) is 4.90 Å². The number of morpholine rings is 1. The highest BCUT2D eigenvalue weighted by Gasteiger charge is 2.17. The lowest BCUT2D eigenvalue weighted by molar-refractivity contribution is -0.137. The van der Waals surface area contributed by atoms with Crippen LogP contribution in [-0.4, -0.2) is 49.6 Å². The zero-order valence-electron chi connectivity index (χ0n) is 13.1. The van der Waals surface area contributed by atoms with Crippen LogP contribution in [0, 0.1) is 0 Å². The van der Waals surface area contributed by atoms with Crippen LogP contribution in [0.4, 0.5) is 5.69 Å². The first kappa shape index (κ1) is 16.1. The van der Waals surface area contributed by atoms with Gasteiger partial charge in [-0.15, -0.1) is 0 Å². The fourth-order valence-corrected chi connectivity index (χ4v) is 2.28. The van der Waals surface area contributed by atoms with Gasteiger partial charge in [-0.1, -0.05) is 0 Å². The molecule has 24 heavy (non-hydrogen) atoms. The maximum atomic E-state index is 12.0. The van der Waals surface area contributed by atoms with Gasteiger partial charge in [0, 0.05) is 18.8 Å². The number of nitrogens with zero attached hydrogens (tertiary/aromatic N) is 1. The van der Waals surface area contributed by atoms with Crippen molar-refractivity contribution in [3.63, 3.8) is 0 Å². The molecule has 1 aromatic carbocycles. The van der Waals surface area contributed by atoms with Crippen molar-refractivity contribution < 1.29 is 23.5 Å². The van der Waals surface area contributed by atoms with Gasteiger partial charge in [-0.2, -0.15) is 0 Å². The molecular weight excluding hydrogens is 312 g/mol. The topological polar surface area (TPSA) is 81.0 Å². The van der Waals surface area contributed by atoms with Crippen LogP contribution in [-0.2, 0) is 9.53 Å². The van der Waals surface area contributed by atoms with E-state index in [1.807, 2.05) is 0 Å². The van der Waals surface area contributed by atoms with E-state index in [9.17, 15) is 9.59 Å². The van der Waals surface area contributed by atoms with Crippen molar-refractivity contribution >= 4 is 17.5 Å². The number of hydrogen-bond acceptors (Lipinski definition) is 5. The molecule has 0 unspecified atom stereocenters. The summed E-state index contributed by atoms with van der Waals surface area (Å²) in [5.41, 5.74) is 1.08. The highest BCUT2D eigenvalue weighted by Crippen LogP contribution is 2.17. The Morgan fingerprint density at radius 3 is 2.54 bits per heavy atom. The van der Waals surface area contributed by atoms with Gasteiger partial charge in [0.1, 0.15) is 12.0 Å². The number of furan rings is 1. The average Bonchev–Trinajstić information content (AvgIpc) is 3.16. The fourth-order valence-electron chi connectivity index (χ4n) is 2.28. The molecule has 2 heterocycles. The summed E-state index contributed by atoms with van der Waals surface area (Å²) >= 11 is 0. The van der Waals surface area contributed by atoms with Crippen LogP contribution in [0.25, 0.3) is 0 Å². The molecule has 1 aromatic heterocycles. The van der Waals surface area contributed by atoms with Crippen molar-refractivity contribution in [2.24, 2.45) is 0 Å². The molecule has 1 N–H and O–H groups in total. The van der Waals surface area contributed by atoms with Gasteiger partial charge in [0.15, 0.2) is 6.61 Å². The molecule has 0 aliphatic carbocycles. The van der Waals surface area contributed by atoms with E-state index in [2.05, 4.69) is 5.32 Å². The van der Waals surface area contributed by atoms with Crippen LogP contribution in [0.1, 0.15) is 10.4 Å². The molecule has 1 aliphatic rings. The molecule has 126 valence electrons. The summed E-state index contributed by atoms with van der Waals surface area (Å²) in [6.07, 6.45) is 2.82. The minimum absolute atomic E-state index is 0.0132. The van der Waals surface area contributed by atoms with E-state index < -0.39 is 0 Å². The second kappa shape index (κ2) is 7.65. The third kappa shape index (κ3) is 4.14. The number of ether oxygens (including phenoxy) is 2. The van der Waals surface area contributed by atoms with Gasteiger partial charge in [0.25, 0.3) is 11.8 Å². The van der Waals surface area contributed by atoms with Gasteiger partial charge in [-0.25, -0.2) is 0 Å². The van der Waals surface area contributed by atoms with E-state index in [0.717, 1.165) is 0 Å². The minimum Gasteiger partial charge on any atom is -0.484 e. The highest BCUT2D eigenvalue weighted by atomic mass is 16.5. The number of rotatable bonds is 5. The molecule has 0 spiro atoms. The summed E-state index contributed by atoms with van der Waals surface area (Å²) in [4.78, 5) is 25.6. The Morgan fingerprint density at radius 2 is 1.88 bits per heavy atom. The summed E-state index contributed by atoms with van der Waals surface area (Å²) in [5, 5.41) is 2.74. The SMILES string of the molecule is O=C(Nc1ccc(OCC(=O)N2CCOCC2)cc1)c1ccoc1. The fraction of sp³-hybridized carbons (Fsp3) is 0.294. The van der Waals surface area contributed by atoms with E-state index in [4.69, 9.17) is 13.9 Å². The van der Waals surface area contributed by atoms with E-state index in [0.29, 0.717) is 43.3 Å². The lowest BCUT2D eigenvalue weighted by Gasteiger charge is -2.26. The Kier molecular flexibility index (Phi) is 5.12. The predicted molar refractivity (Wildman–Crippen MR) is 86.0 cm³/mol. The van der Waals surface area contributed by atoms with Crippen molar-refractivity contribution in [1.29, 1.82) is 0 Å². The van der Waals surface area contributed by atoms with Gasteiger partial charge in [-0.3, -0.25) is 9.59 Å². The molecule has 7 heteroatoms. The maximum Gasteiger partial charge on any atom is 0.260 e.